The van der Waals surface area contributed by atoms with Crippen LogP contribution in [0.1, 0.15) is 55.4 Å². The molecule has 5 aromatic carbocycles. The fourth-order valence-electron chi connectivity index (χ4n) is 7.23. The zero-order valence-corrected chi connectivity index (χ0v) is 26.2. The van der Waals surface area contributed by atoms with E-state index >= 15 is 0 Å². The van der Waals surface area contributed by atoms with Gasteiger partial charge < -0.3 is 10.1 Å². The van der Waals surface area contributed by atoms with Crippen molar-refractivity contribution in [3.05, 3.63) is 156 Å². The number of hydrogen-bond acceptors (Lipinski definition) is 2. The van der Waals surface area contributed by atoms with E-state index in [1.165, 1.54) is 68.5 Å². The van der Waals surface area contributed by atoms with Crippen molar-refractivity contribution >= 4 is 11.1 Å². The molecule has 0 heterocycles. The number of methoxy groups -OCH3 is 1. The van der Waals surface area contributed by atoms with Crippen molar-refractivity contribution in [3.63, 3.8) is 0 Å². The van der Waals surface area contributed by atoms with Crippen molar-refractivity contribution < 1.29 is 4.74 Å². The van der Waals surface area contributed by atoms with Gasteiger partial charge in [0.2, 0.25) is 0 Å². The number of benzene rings is 5. The summed E-state index contributed by atoms with van der Waals surface area (Å²) in [6, 6.07) is 48.9. The summed E-state index contributed by atoms with van der Waals surface area (Å²) in [5, 5.41) is 3.86. The van der Waals surface area contributed by atoms with E-state index in [2.05, 4.69) is 153 Å². The monoisotopic (exact) mass is 577 g/mol. The molecule has 5 aromatic rings. The van der Waals surface area contributed by atoms with Gasteiger partial charge in [-0.15, -0.1) is 0 Å². The van der Waals surface area contributed by atoms with E-state index in [4.69, 9.17) is 4.74 Å². The van der Waals surface area contributed by atoms with Crippen LogP contribution in [-0.4, -0.2) is 26.3 Å². The van der Waals surface area contributed by atoms with Gasteiger partial charge in [0.25, 0.3) is 0 Å². The summed E-state index contributed by atoms with van der Waals surface area (Å²) in [6.45, 7) is 6.21. The quantitative estimate of drug-likeness (QED) is 0.149. The van der Waals surface area contributed by atoms with Gasteiger partial charge in [-0.3, -0.25) is 0 Å². The molecule has 0 aromatic heterocycles. The maximum atomic E-state index is 6.25. The Morgan fingerprint density at radius 2 is 1.18 bits per heavy atom. The molecule has 0 spiro atoms. The third-order valence-electron chi connectivity index (χ3n) is 9.04. The third kappa shape index (κ3) is 5.68. The van der Waals surface area contributed by atoms with Crippen molar-refractivity contribution in [2.75, 3.05) is 20.3 Å². The van der Waals surface area contributed by atoms with Gasteiger partial charge in [0, 0.05) is 18.6 Å². The van der Waals surface area contributed by atoms with E-state index < -0.39 is 0 Å². The van der Waals surface area contributed by atoms with E-state index in [0.29, 0.717) is 12.6 Å². The first-order valence-corrected chi connectivity index (χ1v) is 16.0. The van der Waals surface area contributed by atoms with Crippen molar-refractivity contribution in [2.24, 2.45) is 0 Å². The minimum Gasteiger partial charge on any atom is -0.383 e. The molecule has 1 N–H and O–H groups in total. The molecule has 2 unspecified atom stereocenters. The van der Waals surface area contributed by atoms with E-state index in [-0.39, 0.29) is 5.41 Å². The zero-order chi connectivity index (χ0) is 30.4. The molecule has 2 atom stereocenters. The van der Waals surface area contributed by atoms with Crippen LogP contribution < -0.4 is 5.32 Å². The van der Waals surface area contributed by atoms with Gasteiger partial charge in [-0.25, -0.2) is 0 Å². The molecule has 2 heteroatoms. The molecule has 1 aliphatic carbocycles. The summed E-state index contributed by atoms with van der Waals surface area (Å²) >= 11 is 0. The van der Waals surface area contributed by atoms with Gasteiger partial charge in [0.15, 0.2) is 0 Å². The third-order valence-corrected chi connectivity index (χ3v) is 9.04. The molecule has 0 amide bonds. The predicted molar refractivity (Wildman–Crippen MR) is 187 cm³/mol. The minimum atomic E-state index is -0.353. The molecular formula is C42H43NO. The first-order chi connectivity index (χ1) is 21.7. The molecule has 0 saturated carbocycles. The van der Waals surface area contributed by atoms with Crippen LogP contribution in [0.5, 0.6) is 0 Å². The van der Waals surface area contributed by atoms with Gasteiger partial charge in [-0.05, 0) is 82.0 Å². The normalized spacial score (nSPS) is 16.6. The van der Waals surface area contributed by atoms with Crippen LogP contribution >= 0.6 is 0 Å². The lowest BCUT2D eigenvalue weighted by atomic mass is 9.70. The number of nitrogens with one attached hydrogen (secondary N) is 1. The standard InChI is InChI=1S/C42H43NO/c1-4-5-28-43-31(2)29-42(30-44-3)37-27-26-36(32-18-10-6-11-19-32)38(33-20-12-7-13-21-33)40(37)39(34-22-14-8-15-23-34)41(42)35-24-16-9-17-25-35/h6-27,31,43H,4-5,28-30H2,1-3H3. The molecule has 2 nitrogen and oxygen atoms in total. The van der Waals surface area contributed by atoms with Crippen LogP contribution in [0.4, 0.5) is 0 Å². The molecule has 0 radical (unpaired) electrons. The Bertz CT molecular complexity index is 1690. The Balaban J connectivity index is 1.74. The molecule has 0 bridgehead atoms. The van der Waals surface area contributed by atoms with E-state index in [0.717, 1.165) is 13.0 Å². The number of fused-ring (bicyclic) bond motifs is 1. The number of ether oxygens (including phenoxy) is 1. The second-order valence-corrected chi connectivity index (χ2v) is 12.1. The highest BCUT2D eigenvalue weighted by Crippen LogP contribution is 2.59. The van der Waals surface area contributed by atoms with Gasteiger partial charge in [-0.2, -0.15) is 0 Å². The van der Waals surface area contributed by atoms with Crippen LogP contribution in [0, 0.1) is 0 Å². The number of unbranched alkanes of at least 4 members (excludes halogenated alkanes) is 1. The van der Waals surface area contributed by atoms with E-state index in [1.807, 2.05) is 7.11 Å². The summed E-state index contributed by atoms with van der Waals surface area (Å²) in [5.74, 6) is 0. The van der Waals surface area contributed by atoms with Crippen molar-refractivity contribution in [3.8, 4) is 22.3 Å². The van der Waals surface area contributed by atoms with Crippen molar-refractivity contribution in [1.82, 2.24) is 5.32 Å². The molecule has 222 valence electrons. The average Bonchev–Trinajstić information content (AvgIpc) is 3.35. The first kappa shape index (κ1) is 29.8. The Morgan fingerprint density at radius 3 is 1.75 bits per heavy atom. The lowest BCUT2D eigenvalue weighted by molar-refractivity contribution is 0.146. The van der Waals surface area contributed by atoms with Crippen LogP contribution in [0.2, 0.25) is 0 Å². The van der Waals surface area contributed by atoms with Crippen LogP contribution in [0.3, 0.4) is 0 Å². The molecule has 1 aliphatic rings. The summed E-state index contributed by atoms with van der Waals surface area (Å²) in [7, 11) is 1.86. The molecular weight excluding hydrogens is 534 g/mol. The SMILES string of the molecule is CCCCNC(C)CC1(COC)C(c2ccccc2)=C(c2ccccc2)c2c1ccc(-c1ccccc1)c2-c1ccccc1. The Morgan fingerprint density at radius 1 is 0.636 bits per heavy atom. The lowest BCUT2D eigenvalue weighted by Gasteiger charge is -2.37. The molecule has 0 saturated heterocycles. The fourth-order valence-corrected chi connectivity index (χ4v) is 7.23. The topological polar surface area (TPSA) is 21.3 Å². The summed E-state index contributed by atoms with van der Waals surface area (Å²) in [6.07, 6.45) is 3.28. The highest BCUT2D eigenvalue weighted by atomic mass is 16.5. The van der Waals surface area contributed by atoms with Crippen molar-refractivity contribution in [1.29, 1.82) is 0 Å². The van der Waals surface area contributed by atoms with Gasteiger partial charge >= 0.3 is 0 Å². The summed E-state index contributed by atoms with van der Waals surface area (Å²) in [4.78, 5) is 0. The van der Waals surface area contributed by atoms with Gasteiger partial charge in [0.1, 0.15) is 0 Å². The maximum Gasteiger partial charge on any atom is 0.0601 e. The Labute approximate surface area is 263 Å². The highest BCUT2D eigenvalue weighted by Gasteiger charge is 2.48. The second kappa shape index (κ2) is 13.6. The van der Waals surface area contributed by atoms with Crippen LogP contribution in [0.15, 0.2) is 133 Å². The van der Waals surface area contributed by atoms with Gasteiger partial charge in [0.05, 0.1) is 6.61 Å². The highest BCUT2D eigenvalue weighted by molar-refractivity contribution is 6.12. The molecule has 6 rings (SSSR count). The van der Waals surface area contributed by atoms with E-state index in [1.54, 1.807) is 0 Å². The Kier molecular flexibility index (Phi) is 9.21. The maximum absolute atomic E-state index is 6.25. The summed E-state index contributed by atoms with van der Waals surface area (Å²) < 4.78 is 6.25. The van der Waals surface area contributed by atoms with Crippen molar-refractivity contribution in [2.45, 2.75) is 44.6 Å². The Hall–Kier alpha value is -4.24. The largest absolute Gasteiger partial charge is 0.383 e. The van der Waals surface area contributed by atoms with Crippen LogP contribution in [0.25, 0.3) is 33.4 Å². The van der Waals surface area contributed by atoms with E-state index in [9.17, 15) is 0 Å². The number of rotatable bonds is 12. The fraction of sp³-hybridized carbons (Fsp3) is 0.238. The van der Waals surface area contributed by atoms with Gasteiger partial charge in [-0.1, -0.05) is 147 Å². The first-order valence-electron chi connectivity index (χ1n) is 16.0. The zero-order valence-electron chi connectivity index (χ0n) is 26.2. The number of hydrogen-bond donors (Lipinski definition) is 1. The second-order valence-electron chi connectivity index (χ2n) is 12.1. The molecule has 0 aliphatic heterocycles. The van der Waals surface area contributed by atoms with Crippen LogP contribution in [-0.2, 0) is 10.2 Å². The summed E-state index contributed by atoms with van der Waals surface area (Å²) in [5.41, 5.74) is 12.4. The smallest absolute Gasteiger partial charge is 0.0601 e. The minimum absolute atomic E-state index is 0.298. The average molecular weight is 578 g/mol. The molecule has 44 heavy (non-hydrogen) atoms. The lowest BCUT2D eigenvalue weighted by Crippen LogP contribution is -2.40. The predicted octanol–water partition coefficient (Wildman–Crippen LogP) is 10.0. The molecule has 0 fully saturated rings.